The number of amides is 1. The van der Waals surface area contributed by atoms with Gasteiger partial charge >= 0.3 is 6.61 Å². The molecule has 1 amide bonds. The van der Waals surface area contributed by atoms with Crippen LogP contribution in [-0.2, 0) is 6.54 Å². The van der Waals surface area contributed by atoms with Gasteiger partial charge in [-0.2, -0.15) is 13.8 Å². The Morgan fingerprint density at radius 3 is 2.50 bits per heavy atom. The summed E-state index contributed by atoms with van der Waals surface area (Å²) in [5.41, 5.74) is 0.947. The molecule has 2 heterocycles. The van der Waals surface area contributed by atoms with E-state index in [1.807, 2.05) is 24.3 Å². The minimum Gasteiger partial charge on any atom is -0.497 e. The normalized spacial score (nSPS) is 14.6. The van der Waals surface area contributed by atoms with Crippen LogP contribution in [0, 0.1) is 0 Å². The number of alkyl halides is 2. The van der Waals surface area contributed by atoms with Gasteiger partial charge in [0.1, 0.15) is 11.5 Å². The van der Waals surface area contributed by atoms with E-state index < -0.39 is 6.61 Å². The zero-order valence-corrected chi connectivity index (χ0v) is 17.4. The highest BCUT2D eigenvalue weighted by Gasteiger charge is 2.26. The van der Waals surface area contributed by atoms with Crippen LogP contribution in [0.2, 0.25) is 0 Å². The van der Waals surface area contributed by atoms with Crippen LogP contribution in [-0.4, -0.2) is 65.7 Å². The Labute approximate surface area is 183 Å². The first kappa shape index (κ1) is 21.7. The van der Waals surface area contributed by atoms with Crippen molar-refractivity contribution in [2.75, 3.05) is 33.3 Å². The average Bonchev–Trinajstić information content (AvgIpc) is 3.27. The number of carbonyl (C=O) groups is 1. The number of methoxy groups -OCH3 is 1. The Morgan fingerprint density at radius 2 is 1.81 bits per heavy atom. The highest BCUT2D eigenvalue weighted by Crippen LogP contribution is 2.23. The van der Waals surface area contributed by atoms with Crippen molar-refractivity contribution >= 4 is 5.91 Å². The molecule has 0 aliphatic carbocycles. The molecule has 4 rings (SSSR count). The molecule has 0 radical (unpaired) electrons. The van der Waals surface area contributed by atoms with Crippen LogP contribution in [0.3, 0.4) is 0 Å². The molecule has 0 spiro atoms. The van der Waals surface area contributed by atoms with Crippen molar-refractivity contribution in [1.82, 2.24) is 19.9 Å². The number of aromatic nitrogens is 2. The number of nitrogens with zero attached hydrogens (tertiary/aromatic N) is 4. The van der Waals surface area contributed by atoms with E-state index in [1.165, 1.54) is 12.1 Å². The van der Waals surface area contributed by atoms with Crippen molar-refractivity contribution < 1.29 is 27.6 Å². The first-order valence-corrected chi connectivity index (χ1v) is 10.1. The predicted octanol–water partition coefficient (Wildman–Crippen LogP) is 3.30. The van der Waals surface area contributed by atoms with E-state index in [9.17, 15) is 13.6 Å². The molecule has 1 aliphatic heterocycles. The fourth-order valence-corrected chi connectivity index (χ4v) is 3.49. The summed E-state index contributed by atoms with van der Waals surface area (Å²) in [6.45, 7) is -0.467. The molecule has 1 fully saturated rings. The van der Waals surface area contributed by atoms with Crippen LogP contribution < -0.4 is 9.47 Å². The Morgan fingerprint density at radius 1 is 1.09 bits per heavy atom. The maximum absolute atomic E-state index is 12.8. The molecular formula is C22H22F2N4O4. The number of ether oxygens (including phenoxy) is 2. The quantitative estimate of drug-likeness (QED) is 0.553. The number of benzene rings is 2. The molecule has 32 heavy (non-hydrogen) atoms. The summed E-state index contributed by atoms with van der Waals surface area (Å²) >= 11 is 0. The number of hydrogen-bond donors (Lipinski definition) is 0. The standard InChI is InChI=1S/C22H22F2N4O4/c1-30-16-8-6-15(7-9-16)20-25-19(32-26-20)14-27-10-12-28(13-11-27)21(29)17-4-2-3-5-18(17)31-22(23)24/h2-9,22H,10-14H2,1H3. The van der Waals surface area contributed by atoms with Crippen LogP contribution in [0.1, 0.15) is 16.2 Å². The first-order chi connectivity index (χ1) is 15.5. The molecule has 1 saturated heterocycles. The minimum absolute atomic E-state index is 0.119. The van der Waals surface area contributed by atoms with Gasteiger partial charge in [-0.1, -0.05) is 17.3 Å². The largest absolute Gasteiger partial charge is 0.497 e. The van der Waals surface area contributed by atoms with Gasteiger partial charge in [-0.05, 0) is 36.4 Å². The Kier molecular flexibility index (Phi) is 6.60. The molecule has 0 saturated carbocycles. The highest BCUT2D eigenvalue weighted by atomic mass is 19.3. The van der Waals surface area contributed by atoms with Gasteiger partial charge in [0.2, 0.25) is 11.7 Å². The second-order valence-electron chi connectivity index (χ2n) is 7.18. The van der Waals surface area contributed by atoms with Crippen LogP contribution in [0.5, 0.6) is 11.5 Å². The maximum Gasteiger partial charge on any atom is 0.387 e. The van der Waals surface area contributed by atoms with Gasteiger partial charge in [-0.15, -0.1) is 0 Å². The van der Waals surface area contributed by atoms with Gasteiger partial charge in [0.15, 0.2) is 0 Å². The van der Waals surface area contributed by atoms with Crippen LogP contribution in [0.15, 0.2) is 53.1 Å². The summed E-state index contributed by atoms with van der Waals surface area (Å²) < 4.78 is 40.3. The zero-order valence-electron chi connectivity index (χ0n) is 17.4. The van der Waals surface area contributed by atoms with E-state index >= 15 is 0 Å². The molecule has 3 aromatic rings. The molecule has 0 unspecified atom stereocenters. The first-order valence-electron chi connectivity index (χ1n) is 10.1. The number of hydrogen-bond acceptors (Lipinski definition) is 7. The molecule has 0 bridgehead atoms. The van der Waals surface area contributed by atoms with E-state index in [4.69, 9.17) is 9.26 Å². The lowest BCUT2D eigenvalue weighted by Gasteiger charge is -2.34. The van der Waals surface area contributed by atoms with E-state index in [2.05, 4.69) is 19.8 Å². The fourth-order valence-electron chi connectivity index (χ4n) is 3.49. The molecule has 0 atom stereocenters. The van der Waals surface area contributed by atoms with Crippen molar-refractivity contribution in [2.24, 2.45) is 0 Å². The third-order valence-corrected chi connectivity index (χ3v) is 5.17. The lowest BCUT2D eigenvalue weighted by Crippen LogP contribution is -2.48. The molecule has 0 N–H and O–H groups in total. The third kappa shape index (κ3) is 5.02. The summed E-state index contributed by atoms with van der Waals surface area (Å²) in [5, 5.41) is 4.03. The van der Waals surface area contributed by atoms with Gasteiger partial charge in [0.25, 0.3) is 5.91 Å². The second kappa shape index (κ2) is 9.73. The van der Waals surface area contributed by atoms with E-state index in [-0.39, 0.29) is 17.2 Å². The van der Waals surface area contributed by atoms with Crippen LogP contribution in [0.25, 0.3) is 11.4 Å². The van der Waals surface area contributed by atoms with Crippen molar-refractivity contribution in [3.05, 3.63) is 60.0 Å². The summed E-state index contributed by atoms with van der Waals surface area (Å²) in [4.78, 5) is 21.0. The topological polar surface area (TPSA) is 80.9 Å². The molecular weight excluding hydrogens is 422 g/mol. The predicted molar refractivity (Wildman–Crippen MR) is 111 cm³/mol. The summed E-state index contributed by atoms with van der Waals surface area (Å²) in [6, 6.07) is 13.4. The number of rotatable bonds is 7. The van der Waals surface area contributed by atoms with Gasteiger partial charge in [-0.25, -0.2) is 0 Å². The molecule has 2 aromatic carbocycles. The minimum atomic E-state index is -2.99. The average molecular weight is 444 g/mol. The van der Waals surface area contributed by atoms with Crippen molar-refractivity contribution in [2.45, 2.75) is 13.2 Å². The number of piperazine rings is 1. The number of carbonyl (C=O) groups excluding carboxylic acids is 1. The summed E-state index contributed by atoms with van der Waals surface area (Å²) in [5.74, 6) is 1.26. The molecule has 168 valence electrons. The Hall–Kier alpha value is -3.53. The zero-order chi connectivity index (χ0) is 22.5. The van der Waals surface area contributed by atoms with Crippen molar-refractivity contribution in [1.29, 1.82) is 0 Å². The van der Waals surface area contributed by atoms with Gasteiger partial charge in [-0.3, -0.25) is 9.69 Å². The molecule has 1 aliphatic rings. The second-order valence-corrected chi connectivity index (χ2v) is 7.18. The van der Waals surface area contributed by atoms with Gasteiger partial charge in [0.05, 0.1) is 19.2 Å². The third-order valence-electron chi connectivity index (χ3n) is 5.17. The molecule has 10 heteroatoms. The van der Waals surface area contributed by atoms with E-state index in [1.54, 1.807) is 24.1 Å². The molecule has 8 nitrogen and oxygen atoms in total. The van der Waals surface area contributed by atoms with E-state index in [0.29, 0.717) is 44.4 Å². The van der Waals surface area contributed by atoms with Gasteiger partial charge in [0, 0.05) is 31.7 Å². The monoisotopic (exact) mass is 444 g/mol. The summed E-state index contributed by atoms with van der Waals surface area (Å²) in [7, 11) is 1.60. The van der Waals surface area contributed by atoms with Gasteiger partial charge < -0.3 is 18.9 Å². The van der Waals surface area contributed by atoms with E-state index in [0.717, 1.165) is 11.3 Å². The number of para-hydroxylation sites is 1. The maximum atomic E-state index is 12.8. The van der Waals surface area contributed by atoms with Crippen LogP contribution in [0.4, 0.5) is 8.78 Å². The van der Waals surface area contributed by atoms with Crippen molar-refractivity contribution in [3.63, 3.8) is 0 Å². The molecule has 1 aromatic heterocycles. The number of halogens is 2. The fraction of sp³-hybridized carbons (Fsp3) is 0.318. The lowest BCUT2D eigenvalue weighted by atomic mass is 10.1. The Bertz CT molecular complexity index is 1050. The lowest BCUT2D eigenvalue weighted by molar-refractivity contribution is -0.0503. The highest BCUT2D eigenvalue weighted by molar-refractivity contribution is 5.97. The SMILES string of the molecule is COc1ccc(-c2noc(CN3CCN(C(=O)c4ccccc4OC(F)F)CC3)n2)cc1. The smallest absolute Gasteiger partial charge is 0.387 e. The Balaban J connectivity index is 1.34. The summed E-state index contributed by atoms with van der Waals surface area (Å²) in [6.07, 6.45) is 0. The van der Waals surface area contributed by atoms with Crippen molar-refractivity contribution in [3.8, 4) is 22.9 Å². The van der Waals surface area contributed by atoms with Crippen LogP contribution >= 0.6 is 0 Å².